The average Bonchev–Trinajstić information content (AvgIpc) is 2.19. The molecule has 0 aliphatic carbocycles. The minimum Gasteiger partial charge on any atom is -0.479 e. The van der Waals surface area contributed by atoms with E-state index in [1.165, 1.54) is 0 Å². The zero-order chi connectivity index (χ0) is 10.4. The lowest BCUT2D eigenvalue weighted by Crippen LogP contribution is -2.17. The highest BCUT2D eigenvalue weighted by molar-refractivity contribution is 5.74. The molecule has 0 radical (unpaired) electrons. The molecule has 0 aromatic heterocycles. The predicted molar refractivity (Wildman–Crippen MR) is 49.9 cm³/mol. The number of aliphatic hydroxyl groups is 1. The van der Waals surface area contributed by atoms with Crippen molar-refractivity contribution in [2.75, 3.05) is 13.2 Å². The second-order valence-electron chi connectivity index (χ2n) is 2.72. The summed E-state index contributed by atoms with van der Waals surface area (Å²) in [5.74, 6) is -1.05. The van der Waals surface area contributed by atoms with Crippen molar-refractivity contribution in [1.29, 1.82) is 0 Å². The van der Waals surface area contributed by atoms with Crippen molar-refractivity contribution in [2.45, 2.75) is 6.10 Å². The Labute approximate surface area is 81.8 Å². The Balaban J connectivity index is 2.73. The first-order valence-corrected chi connectivity index (χ1v) is 4.26. The van der Waals surface area contributed by atoms with Crippen molar-refractivity contribution in [3.8, 4) is 0 Å². The van der Waals surface area contributed by atoms with Gasteiger partial charge in [-0.1, -0.05) is 30.3 Å². The van der Waals surface area contributed by atoms with Gasteiger partial charge >= 0.3 is 5.97 Å². The molecule has 0 saturated heterocycles. The van der Waals surface area contributed by atoms with Gasteiger partial charge in [0.05, 0.1) is 13.2 Å². The number of carboxylic acid groups (broad SMARTS) is 1. The third-order valence-corrected chi connectivity index (χ3v) is 1.70. The number of rotatable bonds is 5. The van der Waals surface area contributed by atoms with Crippen LogP contribution in [0.5, 0.6) is 0 Å². The summed E-state index contributed by atoms with van der Waals surface area (Å²) in [5.41, 5.74) is 0.577. The highest BCUT2D eigenvalue weighted by Gasteiger charge is 2.19. The maximum atomic E-state index is 10.8. The summed E-state index contributed by atoms with van der Waals surface area (Å²) in [7, 11) is 0. The van der Waals surface area contributed by atoms with E-state index in [9.17, 15) is 4.79 Å². The van der Waals surface area contributed by atoms with E-state index in [-0.39, 0.29) is 13.2 Å². The minimum absolute atomic E-state index is 0.0197. The first kappa shape index (κ1) is 10.7. The zero-order valence-electron chi connectivity index (χ0n) is 7.59. The van der Waals surface area contributed by atoms with E-state index in [4.69, 9.17) is 14.9 Å². The number of aliphatic hydroxyl groups excluding tert-OH is 1. The van der Waals surface area contributed by atoms with Crippen LogP contribution in [0.2, 0.25) is 0 Å². The van der Waals surface area contributed by atoms with Crippen LogP contribution in [0, 0.1) is 0 Å². The molecule has 1 atom stereocenters. The maximum Gasteiger partial charge on any atom is 0.337 e. The normalized spacial score (nSPS) is 12.4. The maximum absolute atomic E-state index is 10.8. The molecular weight excluding hydrogens is 184 g/mol. The highest BCUT2D eigenvalue weighted by atomic mass is 16.5. The van der Waals surface area contributed by atoms with Gasteiger partial charge in [0.2, 0.25) is 0 Å². The van der Waals surface area contributed by atoms with Crippen LogP contribution in [0.25, 0.3) is 0 Å². The quantitative estimate of drug-likeness (QED) is 0.731. The van der Waals surface area contributed by atoms with Gasteiger partial charge in [-0.25, -0.2) is 4.79 Å². The molecule has 0 fully saturated rings. The number of hydrogen-bond acceptors (Lipinski definition) is 3. The van der Waals surface area contributed by atoms with Gasteiger partial charge in [0, 0.05) is 0 Å². The number of carboxylic acids is 1. The van der Waals surface area contributed by atoms with Crippen molar-refractivity contribution < 1.29 is 19.7 Å². The van der Waals surface area contributed by atoms with Crippen LogP contribution in [0.15, 0.2) is 30.3 Å². The Morgan fingerprint density at radius 1 is 1.36 bits per heavy atom. The molecule has 0 aliphatic heterocycles. The van der Waals surface area contributed by atoms with E-state index in [1.807, 2.05) is 0 Å². The molecular formula is C10H12O4. The van der Waals surface area contributed by atoms with Crippen molar-refractivity contribution in [2.24, 2.45) is 0 Å². The molecule has 0 heterocycles. The Morgan fingerprint density at radius 3 is 2.50 bits per heavy atom. The summed E-state index contributed by atoms with van der Waals surface area (Å²) < 4.78 is 4.99. The SMILES string of the molecule is O=C(O)[C@@H](OCCO)c1ccccc1. The van der Waals surface area contributed by atoms with Gasteiger partial charge in [-0.15, -0.1) is 0 Å². The first-order valence-electron chi connectivity index (χ1n) is 4.26. The van der Waals surface area contributed by atoms with Crippen molar-refractivity contribution >= 4 is 5.97 Å². The molecule has 1 aromatic rings. The number of aliphatic carboxylic acids is 1. The third-order valence-electron chi connectivity index (χ3n) is 1.70. The molecule has 0 aliphatic rings. The lowest BCUT2D eigenvalue weighted by molar-refractivity contribution is -0.151. The number of hydrogen-bond donors (Lipinski definition) is 2. The van der Waals surface area contributed by atoms with E-state index in [1.54, 1.807) is 30.3 Å². The third kappa shape index (κ3) is 2.83. The average molecular weight is 196 g/mol. The van der Waals surface area contributed by atoms with Crippen molar-refractivity contribution in [3.63, 3.8) is 0 Å². The van der Waals surface area contributed by atoms with E-state index >= 15 is 0 Å². The van der Waals surface area contributed by atoms with Gasteiger partial charge in [-0.05, 0) is 5.56 Å². The van der Waals surface area contributed by atoms with Gasteiger partial charge in [-0.3, -0.25) is 0 Å². The lowest BCUT2D eigenvalue weighted by Gasteiger charge is -2.12. The summed E-state index contributed by atoms with van der Waals surface area (Å²) in [6.45, 7) is -0.164. The molecule has 4 heteroatoms. The number of benzene rings is 1. The van der Waals surface area contributed by atoms with Crippen LogP contribution in [-0.4, -0.2) is 29.4 Å². The van der Waals surface area contributed by atoms with Crippen LogP contribution in [0.1, 0.15) is 11.7 Å². The molecule has 2 N–H and O–H groups in total. The molecule has 14 heavy (non-hydrogen) atoms. The van der Waals surface area contributed by atoms with Crippen molar-refractivity contribution in [1.82, 2.24) is 0 Å². The smallest absolute Gasteiger partial charge is 0.337 e. The second-order valence-corrected chi connectivity index (χ2v) is 2.72. The Morgan fingerprint density at radius 2 is 2.00 bits per heavy atom. The minimum atomic E-state index is -1.05. The van der Waals surface area contributed by atoms with Gasteiger partial charge < -0.3 is 14.9 Å². The molecule has 76 valence electrons. The Bertz CT molecular complexity index is 283. The molecule has 4 nitrogen and oxygen atoms in total. The zero-order valence-corrected chi connectivity index (χ0v) is 7.59. The van der Waals surface area contributed by atoms with E-state index < -0.39 is 12.1 Å². The Hall–Kier alpha value is -1.39. The van der Waals surface area contributed by atoms with Crippen LogP contribution < -0.4 is 0 Å². The predicted octanol–water partition coefficient (Wildman–Crippen LogP) is 0.821. The van der Waals surface area contributed by atoms with Crippen LogP contribution in [0.3, 0.4) is 0 Å². The molecule has 1 rings (SSSR count). The fraction of sp³-hybridized carbons (Fsp3) is 0.300. The van der Waals surface area contributed by atoms with Crippen molar-refractivity contribution in [3.05, 3.63) is 35.9 Å². The number of carbonyl (C=O) groups is 1. The van der Waals surface area contributed by atoms with Crippen LogP contribution >= 0.6 is 0 Å². The molecule has 0 spiro atoms. The monoisotopic (exact) mass is 196 g/mol. The van der Waals surface area contributed by atoms with Gasteiger partial charge in [0.1, 0.15) is 0 Å². The topological polar surface area (TPSA) is 66.8 Å². The highest BCUT2D eigenvalue weighted by Crippen LogP contribution is 2.16. The summed E-state index contributed by atoms with van der Waals surface area (Å²) >= 11 is 0. The summed E-state index contributed by atoms with van der Waals surface area (Å²) in [6.07, 6.45) is -0.997. The first-order chi connectivity index (χ1) is 6.75. The molecule has 0 unspecified atom stereocenters. The van der Waals surface area contributed by atoms with Crippen LogP contribution in [-0.2, 0) is 9.53 Å². The molecule has 0 amide bonds. The summed E-state index contributed by atoms with van der Waals surface area (Å²) in [5, 5.41) is 17.4. The summed E-state index contributed by atoms with van der Waals surface area (Å²) in [6, 6.07) is 8.64. The molecule has 0 saturated carbocycles. The van der Waals surface area contributed by atoms with Gasteiger partial charge in [0.15, 0.2) is 6.10 Å². The van der Waals surface area contributed by atoms with E-state index in [0.29, 0.717) is 5.56 Å². The van der Waals surface area contributed by atoms with E-state index in [0.717, 1.165) is 0 Å². The standard InChI is InChI=1S/C10H12O4/c11-6-7-14-9(10(12)13)8-4-2-1-3-5-8/h1-5,9,11H,6-7H2,(H,12,13)/t9-/m0/s1. The molecule has 1 aromatic carbocycles. The van der Waals surface area contributed by atoms with E-state index in [2.05, 4.69) is 0 Å². The fourth-order valence-corrected chi connectivity index (χ4v) is 1.11. The summed E-state index contributed by atoms with van der Waals surface area (Å²) in [4.78, 5) is 10.8. The molecule has 0 bridgehead atoms. The van der Waals surface area contributed by atoms with Gasteiger partial charge in [0.25, 0.3) is 0 Å². The number of ether oxygens (including phenoxy) is 1. The fourth-order valence-electron chi connectivity index (χ4n) is 1.11. The largest absolute Gasteiger partial charge is 0.479 e. The lowest BCUT2D eigenvalue weighted by atomic mass is 10.1. The Kier molecular flexibility index (Phi) is 4.10. The second kappa shape index (κ2) is 5.36. The van der Waals surface area contributed by atoms with Crippen LogP contribution in [0.4, 0.5) is 0 Å². The van der Waals surface area contributed by atoms with Gasteiger partial charge in [-0.2, -0.15) is 0 Å².